The summed E-state index contributed by atoms with van der Waals surface area (Å²) in [6, 6.07) is 16.9. The zero-order valence-corrected chi connectivity index (χ0v) is 15.3. The number of aliphatic carboxylic acids is 1. The number of carbonyl (C=O) groups is 2. The van der Waals surface area contributed by atoms with Crippen LogP contribution >= 0.6 is 0 Å². The van der Waals surface area contributed by atoms with E-state index < -0.39 is 35.5 Å². The van der Waals surface area contributed by atoms with Gasteiger partial charge >= 0.3 is 5.97 Å². The van der Waals surface area contributed by atoms with Gasteiger partial charge in [-0.25, -0.2) is 8.78 Å². The van der Waals surface area contributed by atoms with Gasteiger partial charge in [-0.15, -0.1) is 0 Å². The Labute approximate surface area is 166 Å². The Hall–Kier alpha value is -3.54. The Kier molecular flexibility index (Phi) is 4.84. The van der Waals surface area contributed by atoms with Crippen LogP contribution in [0.25, 0.3) is 0 Å². The maximum Gasteiger partial charge on any atom is 0.313 e. The van der Waals surface area contributed by atoms with Crippen molar-refractivity contribution in [2.75, 3.05) is 0 Å². The van der Waals surface area contributed by atoms with Crippen molar-refractivity contribution >= 4 is 11.9 Å². The van der Waals surface area contributed by atoms with Crippen molar-refractivity contribution in [3.63, 3.8) is 0 Å². The molecular weight excluding hydrogens is 376 g/mol. The number of hydrogen-bond donors (Lipinski definition) is 1. The largest absolute Gasteiger partial charge is 0.481 e. The minimum absolute atomic E-state index is 0.0240. The lowest BCUT2D eigenvalue weighted by Gasteiger charge is -2.41. The Morgan fingerprint density at radius 1 is 0.897 bits per heavy atom. The molecule has 0 bridgehead atoms. The van der Waals surface area contributed by atoms with Gasteiger partial charge in [0.25, 0.3) is 5.91 Å². The molecule has 0 saturated carbocycles. The zero-order valence-electron chi connectivity index (χ0n) is 15.3. The maximum absolute atomic E-state index is 14.7. The van der Waals surface area contributed by atoms with Crippen LogP contribution in [0.5, 0.6) is 0 Å². The van der Waals surface area contributed by atoms with Crippen LogP contribution in [-0.4, -0.2) is 21.9 Å². The van der Waals surface area contributed by atoms with E-state index in [1.165, 1.54) is 47.4 Å². The summed E-state index contributed by atoms with van der Waals surface area (Å²) in [4.78, 5) is 26.9. The zero-order chi connectivity index (χ0) is 20.5. The first-order chi connectivity index (χ1) is 14.0. The van der Waals surface area contributed by atoms with Gasteiger partial charge in [0.2, 0.25) is 0 Å². The van der Waals surface area contributed by atoms with Crippen molar-refractivity contribution in [1.82, 2.24) is 4.90 Å². The van der Waals surface area contributed by atoms with Crippen LogP contribution in [0.3, 0.4) is 0 Å². The number of amides is 1. The predicted molar refractivity (Wildman–Crippen MR) is 102 cm³/mol. The molecule has 1 aliphatic rings. The van der Waals surface area contributed by atoms with Gasteiger partial charge in [0.05, 0.1) is 6.04 Å². The number of halogens is 2. The first-order valence-corrected chi connectivity index (χ1v) is 9.09. The van der Waals surface area contributed by atoms with E-state index in [2.05, 4.69) is 0 Å². The average molecular weight is 393 g/mol. The summed E-state index contributed by atoms with van der Waals surface area (Å²) in [7, 11) is 0. The van der Waals surface area contributed by atoms with E-state index in [4.69, 9.17) is 0 Å². The van der Waals surface area contributed by atoms with Crippen LogP contribution in [0.2, 0.25) is 0 Å². The molecule has 1 aliphatic heterocycles. The van der Waals surface area contributed by atoms with Gasteiger partial charge in [-0.3, -0.25) is 9.59 Å². The Morgan fingerprint density at radius 2 is 1.52 bits per heavy atom. The summed E-state index contributed by atoms with van der Waals surface area (Å²) in [6.07, 6.45) is 0. The third-order valence-corrected chi connectivity index (χ3v) is 5.19. The molecule has 6 heteroatoms. The number of carboxylic acid groups (broad SMARTS) is 1. The SMILES string of the molecule is O=C(O)[C@H]1c2ccccc2C(=O)N(Cc2ccc(F)cc2)[C@H]1c1ccccc1F. The lowest BCUT2D eigenvalue weighted by molar-refractivity contribution is -0.140. The smallest absolute Gasteiger partial charge is 0.313 e. The van der Waals surface area contributed by atoms with E-state index in [1.54, 1.807) is 30.3 Å². The summed E-state index contributed by atoms with van der Waals surface area (Å²) in [5.74, 6) is -3.68. The van der Waals surface area contributed by atoms with Crippen molar-refractivity contribution in [3.05, 3.63) is 107 Å². The van der Waals surface area contributed by atoms with Crippen molar-refractivity contribution in [1.29, 1.82) is 0 Å². The highest BCUT2D eigenvalue weighted by Crippen LogP contribution is 2.44. The third kappa shape index (κ3) is 3.38. The van der Waals surface area contributed by atoms with Gasteiger partial charge in [0.15, 0.2) is 0 Å². The fourth-order valence-corrected chi connectivity index (χ4v) is 3.88. The summed E-state index contributed by atoms with van der Waals surface area (Å²) in [5.41, 5.74) is 1.37. The summed E-state index contributed by atoms with van der Waals surface area (Å²) in [5, 5.41) is 10.0. The van der Waals surface area contributed by atoms with Crippen molar-refractivity contribution in [2.45, 2.75) is 18.5 Å². The molecule has 146 valence electrons. The lowest BCUT2D eigenvalue weighted by Crippen LogP contribution is -2.44. The molecule has 0 aliphatic carbocycles. The second kappa shape index (κ2) is 7.47. The highest BCUT2D eigenvalue weighted by molar-refractivity contribution is 6.00. The van der Waals surface area contributed by atoms with Crippen molar-refractivity contribution < 1.29 is 23.5 Å². The summed E-state index contributed by atoms with van der Waals surface area (Å²) < 4.78 is 28.0. The van der Waals surface area contributed by atoms with Crippen LogP contribution in [-0.2, 0) is 11.3 Å². The molecule has 3 aromatic rings. The van der Waals surface area contributed by atoms with E-state index in [-0.39, 0.29) is 17.7 Å². The van der Waals surface area contributed by atoms with Crippen molar-refractivity contribution in [3.8, 4) is 0 Å². The van der Waals surface area contributed by atoms with Gasteiger partial charge in [0.1, 0.15) is 17.6 Å². The molecule has 0 radical (unpaired) electrons. The molecule has 1 heterocycles. The minimum Gasteiger partial charge on any atom is -0.481 e. The van der Waals surface area contributed by atoms with Crippen molar-refractivity contribution in [2.24, 2.45) is 0 Å². The van der Waals surface area contributed by atoms with Crippen LogP contribution in [0, 0.1) is 11.6 Å². The predicted octanol–water partition coefficient (Wildman–Crippen LogP) is 4.53. The fourth-order valence-electron chi connectivity index (χ4n) is 3.88. The number of fused-ring (bicyclic) bond motifs is 1. The van der Waals surface area contributed by atoms with Gasteiger partial charge < -0.3 is 10.0 Å². The van der Waals surface area contributed by atoms with E-state index in [9.17, 15) is 23.5 Å². The molecule has 1 amide bonds. The quantitative estimate of drug-likeness (QED) is 0.709. The topological polar surface area (TPSA) is 57.6 Å². The summed E-state index contributed by atoms with van der Waals surface area (Å²) in [6.45, 7) is 0.0240. The summed E-state index contributed by atoms with van der Waals surface area (Å²) >= 11 is 0. The highest BCUT2D eigenvalue weighted by Gasteiger charge is 2.45. The van der Waals surface area contributed by atoms with Gasteiger partial charge in [-0.05, 0) is 35.4 Å². The molecule has 29 heavy (non-hydrogen) atoms. The van der Waals surface area contributed by atoms with E-state index in [0.717, 1.165) is 0 Å². The standard InChI is InChI=1S/C23H17F2NO3/c24-15-11-9-14(10-12-15)13-26-21(18-7-3-4-8-19(18)25)20(23(28)29)16-5-1-2-6-17(16)22(26)27/h1-12,20-21H,13H2,(H,28,29)/t20-,21-/m0/s1. The van der Waals surface area contributed by atoms with Gasteiger partial charge in [0, 0.05) is 17.7 Å². The molecule has 0 aromatic heterocycles. The fraction of sp³-hybridized carbons (Fsp3) is 0.130. The number of benzene rings is 3. The second-order valence-electron chi connectivity index (χ2n) is 6.93. The van der Waals surface area contributed by atoms with E-state index >= 15 is 0 Å². The van der Waals surface area contributed by atoms with E-state index in [0.29, 0.717) is 11.1 Å². The third-order valence-electron chi connectivity index (χ3n) is 5.19. The number of rotatable bonds is 4. The number of carbonyl (C=O) groups excluding carboxylic acids is 1. The molecule has 4 nitrogen and oxygen atoms in total. The molecule has 0 unspecified atom stereocenters. The highest BCUT2D eigenvalue weighted by atomic mass is 19.1. The second-order valence-corrected chi connectivity index (χ2v) is 6.93. The molecule has 0 spiro atoms. The molecule has 4 rings (SSSR count). The number of nitrogens with zero attached hydrogens (tertiary/aromatic N) is 1. The lowest BCUT2D eigenvalue weighted by atomic mass is 9.79. The molecule has 0 fully saturated rings. The van der Waals surface area contributed by atoms with E-state index in [1.807, 2.05) is 0 Å². The Balaban J connectivity index is 1.90. The normalized spacial score (nSPS) is 18.4. The number of carboxylic acids is 1. The minimum atomic E-state index is -1.15. The van der Waals surface area contributed by atoms with Crippen LogP contribution < -0.4 is 0 Å². The molecule has 2 atom stereocenters. The van der Waals surface area contributed by atoms with Crippen LogP contribution in [0.1, 0.15) is 39.0 Å². The van der Waals surface area contributed by atoms with Gasteiger partial charge in [-0.2, -0.15) is 0 Å². The molecular formula is C23H17F2NO3. The molecule has 3 aromatic carbocycles. The van der Waals surface area contributed by atoms with Crippen LogP contribution in [0.15, 0.2) is 72.8 Å². The van der Waals surface area contributed by atoms with Gasteiger partial charge in [-0.1, -0.05) is 48.5 Å². The number of hydrogen-bond acceptors (Lipinski definition) is 2. The molecule has 0 saturated heterocycles. The molecule has 1 N–H and O–H groups in total. The first-order valence-electron chi connectivity index (χ1n) is 9.09. The van der Waals surface area contributed by atoms with Crippen LogP contribution in [0.4, 0.5) is 8.78 Å². The first kappa shape index (κ1) is 18.8. The Bertz CT molecular complexity index is 1080. The average Bonchev–Trinajstić information content (AvgIpc) is 2.71. The maximum atomic E-state index is 14.7. The Morgan fingerprint density at radius 3 is 2.17 bits per heavy atom. The monoisotopic (exact) mass is 393 g/mol.